The molecule has 0 aromatic rings. The fourth-order valence-electron chi connectivity index (χ4n) is 1.02. The summed E-state index contributed by atoms with van der Waals surface area (Å²) in [7, 11) is 0. The number of ether oxygens (including phenoxy) is 1. The quantitative estimate of drug-likeness (QED) is 0.452. The number of nitrogens with zero attached hydrogens (tertiary/aromatic N) is 1. The van der Waals surface area contributed by atoms with Crippen molar-refractivity contribution in [2.45, 2.75) is 5.62 Å². The number of hydrogen-bond donors (Lipinski definition) is 2. The minimum absolute atomic E-state index is 0.214. The first kappa shape index (κ1) is 6.86. The summed E-state index contributed by atoms with van der Waals surface area (Å²) in [6, 6.07) is 0. The molecule has 2 rings (SSSR count). The van der Waals surface area contributed by atoms with Crippen LogP contribution in [0.25, 0.3) is 0 Å². The van der Waals surface area contributed by atoms with Gasteiger partial charge in [0.25, 0.3) is 0 Å². The zero-order chi connectivity index (χ0) is 9.42. The highest BCUT2D eigenvalue weighted by molar-refractivity contribution is 6.69. The van der Waals surface area contributed by atoms with Crippen LogP contribution < -0.4 is 10.6 Å². The van der Waals surface area contributed by atoms with Crippen LogP contribution in [-0.4, -0.2) is 23.9 Å². The van der Waals surface area contributed by atoms with Gasteiger partial charge < -0.3 is 15.4 Å². The number of halogens is 2. The summed E-state index contributed by atoms with van der Waals surface area (Å²) in [6.45, 7) is 1.16. The van der Waals surface area contributed by atoms with Crippen LogP contribution in [0.5, 0.6) is 0 Å². The lowest BCUT2D eigenvalue weighted by molar-refractivity contribution is 0.203. The third-order valence-electron chi connectivity index (χ3n) is 1.50. The molecule has 12 heavy (non-hydrogen) atoms. The van der Waals surface area contributed by atoms with Gasteiger partial charge in [0.2, 0.25) is 0 Å². The van der Waals surface area contributed by atoms with Gasteiger partial charge in [-0.05, 0) is 0 Å². The summed E-state index contributed by atoms with van der Waals surface area (Å²) in [4.78, 5) is 3.81. The normalized spacial score (nSPS) is 29.8. The van der Waals surface area contributed by atoms with E-state index in [-0.39, 0.29) is 5.17 Å². The fourth-order valence-corrected chi connectivity index (χ4v) is 1.50. The first-order valence-corrected chi connectivity index (χ1v) is 4.28. The van der Waals surface area contributed by atoms with Crippen molar-refractivity contribution in [2.75, 3.05) is 13.2 Å². The Morgan fingerprint density at radius 3 is 3.42 bits per heavy atom. The maximum atomic E-state index is 7.53. The number of allylic oxidation sites excluding steroid dienone is 1. The zero-order valence-corrected chi connectivity index (χ0v) is 7.56. The second-order valence-electron chi connectivity index (χ2n) is 2.31. The molecular formula is C6H7Cl2N3O. The second-order valence-corrected chi connectivity index (χ2v) is 3.06. The number of nitrogens with one attached hydrogen (secondary N) is 2. The first-order chi connectivity index (χ1) is 6.20. The minimum Gasteiger partial charge on any atom is -0.485 e. The van der Waals surface area contributed by atoms with Crippen molar-refractivity contribution < 1.29 is 6.15 Å². The molecule has 0 aromatic carbocycles. The van der Waals surface area contributed by atoms with E-state index >= 15 is 0 Å². The minimum atomic E-state index is -0.791. The Labute approximate surface area is 81.0 Å². The van der Waals surface area contributed by atoms with E-state index in [4.69, 9.17) is 29.4 Å². The fraction of sp³-hybridized carbons (Fsp3) is 0.500. The van der Waals surface area contributed by atoms with Gasteiger partial charge in [0.05, 0.1) is 6.54 Å². The van der Waals surface area contributed by atoms with Gasteiger partial charge >= 0.3 is 0 Å². The SMILES string of the molecule is [2H]N1C2=C(OCCN2)C(Cl)=NC1Cl. The van der Waals surface area contributed by atoms with Gasteiger partial charge in [-0.3, -0.25) is 0 Å². The van der Waals surface area contributed by atoms with E-state index in [0.29, 0.717) is 24.7 Å². The molecule has 0 amide bonds. The molecule has 2 aliphatic heterocycles. The molecule has 4 nitrogen and oxygen atoms in total. The van der Waals surface area contributed by atoms with Gasteiger partial charge in [-0.15, -0.1) is 0 Å². The Kier molecular flexibility index (Phi) is 1.73. The third kappa shape index (κ3) is 1.32. The summed E-state index contributed by atoms with van der Waals surface area (Å²) in [5.74, 6) is 0.881. The van der Waals surface area contributed by atoms with E-state index in [0.717, 1.165) is 5.31 Å². The Balaban J connectivity index is 2.37. The predicted molar refractivity (Wildman–Crippen MR) is 47.0 cm³/mol. The van der Waals surface area contributed by atoms with E-state index in [1.807, 2.05) is 0 Å². The highest BCUT2D eigenvalue weighted by atomic mass is 35.5. The van der Waals surface area contributed by atoms with Crippen LogP contribution >= 0.6 is 23.2 Å². The lowest BCUT2D eigenvalue weighted by atomic mass is 10.4. The predicted octanol–water partition coefficient (Wildman–Crippen LogP) is 0.538. The maximum Gasteiger partial charge on any atom is 0.198 e. The zero-order valence-electron chi connectivity index (χ0n) is 7.05. The number of alkyl halides is 1. The molecule has 2 aliphatic rings. The molecule has 0 bridgehead atoms. The molecule has 1 unspecified atom stereocenters. The molecule has 0 aromatic heterocycles. The largest absolute Gasteiger partial charge is 0.485 e. The summed E-state index contributed by atoms with van der Waals surface area (Å²) in [6.07, 6.45) is 0. The standard InChI is InChI=1S/C6H7Cl2N3O/c7-4-3-5(9-1-2-12-3)11-6(8)10-4/h6,9,11H,1-2H2/i/hD. The smallest absolute Gasteiger partial charge is 0.198 e. The highest BCUT2D eigenvalue weighted by Crippen LogP contribution is 2.18. The summed E-state index contributed by atoms with van der Waals surface area (Å²) >= 11 is 11.5. The van der Waals surface area contributed by atoms with Gasteiger partial charge in [0, 0.05) is 0 Å². The van der Waals surface area contributed by atoms with Crippen molar-refractivity contribution >= 4 is 28.4 Å². The van der Waals surface area contributed by atoms with Gasteiger partial charge in [-0.1, -0.05) is 23.2 Å². The molecule has 0 spiro atoms. The summed E-state index contributed by atoms with van der Waals surface area (Å²) in [5.41, 5.74) is -0.791. The van der Waals surface area contributed by atoms with Crippen LogP contribution in [0, 0.1) is 0 Å². The van der Waals surface area contributed by atoms with Crippen LogP contribution in [0.3, 0.4) is 0 Å². The average molecular weight is 209 g/mol. The number of aliphatic imine (C=N–C) groups is 1. The van der Waals surface area contributed by atoms with E-state index in [1.54, 1.807) is 0 Å². The van der Waals surface area contributed by atoms with E-state index in [2.05, 4.69) is 10.3 Å². The van der Waals surface area contributed by atoms with Crippen molar-refractivity contribution in [2.24, 2.45) is 4.99 Å². The number of hydrogen-bond acceptors (Lipinski definition) is 4. The van der Waals surface area contributed by atoms with E-state index in [1.165, 1.54) is 0 Å². The third-order valence-corrected chi connectivity index (χ3v) is 1.96. The van der Waals surface area contributed by atoms with Crippen LogP contribution in [0.1, 0.15) is 0 Å². The molecule has 0 saturated heterocycles. The van der Waals surface area contributed by atoms with Crippen LogP contribution in [0.15, 0.2) is 16.6 Å². The molecule has 2 N–H and O–H groups in total. The van der Waals surface area contributed by atoms with Crippen molar-refractivity contribution in [3.63, 3.8) is 0 Å². The van der Waals surface area contributed by atoms with Gasteiger partial charge in [0.15, 0.2) is 18.0 Å². The second kappa shape index (κ2) is 3.03. The summed E-state index contributed by atoms with van der Waals surface area (Å²) < 4.78 is 12.8. The van der Waals surface area contributed by atoms with E-state index in [9.17, 15) is 0 Å². The van der Waals surface area contributed by atoms with Crippen molar-refractivity contribution in [1.82, 2.24) is 10.6 Å². The van der Waals surface area contributed by atoms with Crippen LogP contribution in [-0.2, 0) is 4.74 Å². The lowest BCUT2D eigenvalue weighted by Crippen LogP contribution is -2.41. The van der Waals surface area contributed by atoms with Crippen LogP contribution in [0.4, 0.5) is 0 Å². The average Bonchev–Trinajstić information content (AvgIpc) is 2.15. The lowest BCUT2D eigenvalue weighted by Gasteiger charge is -2.27. The molecule has 0 radical (unpaired) electrons. The first-order valence-electron chi connectivity index (χ1n) is 3.91. The van der Waals surface area contributed by atoms with Crippen LogP contribution in [0.2, 0.25) is 1.41 Å². The van der Waals surface area contributed by atoms with Crippen molar-refractivity contribution in [1.29, 1.82) is 0 Å². The topological polar surface area (TPSA) is 45.6 Å². The Bertz CT molecular complexity index is 294. The molecule has 1 atom stereocenters. The van der Waals surface area contributed by atoms with Gasteiger partial charge in [0.1, 0.15) is 12.4 Å². The molecule has 0 saturated carbocycles. The molecule has 66 valence electrons. The van der Waals surface area contributed by atoms with Gasteiger partial charge in [-0.2, -0.15) is 0 Å². The molecule has 2 heterocycles. The highest BCUT2D eigenvalue weighted by Gasteiger charge is 2.24. The Morgan fingerprint density at radius 1 is 1.75 bits per heavy atom. The number of rotatable bonds is 0. The van der Waals surface area contributed by atoms with Crippen molar-refractivity contribution in [3.8, 4) is 0 Å². The Hall–Kier alpha value is -0.610. The van der Waals surface area contributed by atoms with E-state index < -0.39 is 5.62 Å². The van der Waals surface area contributed by atoms with Crippen molar-refractivity contribution in [3.05, 3.63) is 11.6 Å². The van der Waals surface area contributed by atoms with Gasteiger partial charge in [-0.25, -0.2) is 4.99 Å². The molecular weight excluding hydrogens is 201 g/mol. The Morgan fingerprint density at radius 2 is 2.58 bits per heavy atom. The maximum absolute atomic E-state index is 7.53. The molecule has 0 aliphatic carbocycles. The summed E-state index contributed by atoms with van der Waals surface area (Å²) in [5, 5.41) is 4.22. The monoisotopic (exact) mass is 208 g/mol. The molecule has 6 heteroatoms. The molecule has 0 fully saturated rings.